The van der Waals surface area contributed by atoms with Gasteiger partial charge in [0, 0.05) is 23.7 Å². The average molecular weight is 447 g/mol. The van der Waals surface area contributed by atoms with Gasteiger partial charge in [-0.1, -0.05) is 29.3 Å². The maximum atomic E-state index is 13.4. The lowest BCUT2D eigenvalue weighted by atomic mass is 10.1. The SMILES string of the molecule is Cc1ccc(-c2nc(S(=O)(=O)c3ccc(Cl)cc3)c(N3C[C@@H](C)O[C@@H](C)C3)o2)cc1. The van der Waals surface area contributed by atoms with Crippen molar-refractivity contribution in [3.8, 4) is 11.5 Å². The van der Waals surface area contributed by atoms with Gasteiger partial charge in [-0.25, -0.2) is 8.42 Å². The van der Waals surface area contributed by atoms with Gasteiger partial charge in [0.1, 0.15) is 0 Å². The van der Waals surface area contributed by atoms with E-state index in [1.54, 1.807) is 12.1 Å². The van der Waals surface area contributed by atoms with Crippen molar-refractivity contribution < 1.29 is 17.6 Å². The second kappa shape index (κ2) is 8.06. The first-order valence-corrected chi connectivity index (χ1v) is 11.6. The summed E-state index contributed by atoms with van der Waals surface area (Å²) in [4.78, 5) is 6.45. The van der Waals surface area contributed by atoms with E-state index in [4.69, 9.17) is 20.8 Å². The Bertz CT molecular complexity index is 1130. The van der Waals surface area contributed by atoms with Gasteiger partial charge in [0.25, 0.3) is 0 Å². The minimum atomic E-state index is -3.91. The molecule has 1 saturated heterocycles. The van der Waals surface area contributed by atoms with Crippen LogP contribution in [0.5, 0.6) is 0 Å². The molecular formula is C22H23ClN2O4S. The Hall–Kier alpha value is -2.35. The molecule has 158 valence electrons. The van der Waals surface area contributed by atoms with Crippen LogP contribution in [-0.2, 0) is 14.6 Å². The van der Waals surface area contributed by atoms with Gasteiger partial charge in [-0.3, -0.25) is 0 Å². The molecule has 3 aromatic rings. The first-order valence-electron chi connectivity index (χ1n) is 9.73. The predicted molar refractivity (Wildman–Crippen MR) is 116 cm³/mol. The van der Waals surface area contributed by atoms with Crippen LogP contribution < -0.4 is 4.90 Å². The Morgan fingerprint density at radius 3 is 2.20 bits per heavy atom. The number of aryl methyl sites for hydroxylation is 1. The molecule has 0 radical (unpaired) electrons. The van der Waals surface area contributed by atoms with Crippen LogP contribution in [0.15, 0.2) is 62.9 Å². The van der Waals surface area contributed by atoms with Crippen LogP contribution in [0, 0.1) is 6.92 Å². The lowest BCUT2D eigenvalue weighted by Crippen LogP contribution is -2.45. The van der Waals surface area contributed by atoms with Gasteiger partial charge in [0.2, 0.25) is 26.6 Å². The Labute approximate surface area is 181 Å². The summed E-state index contributed by atoms with van der Waals surface area (Å²) in [6, 6.07) is 13.7. The highest BCUT2D eigenvalue weighted by Crippen LogP contribution is 2.36. The highest BCUT2D eigenvalue weighted by molar-refractivity contribution is 7.91. The third-order valence-corrected chi connectivity index (χ3v) is 6.88. The third-order valence-electron chi connectivity index (χ3n) is 4.96. The fraction of sp³-hybridized carbons (Fsp3) is 0.318. The number of nitrogens with zero attached hydrogens (tertiary/aromatic N) is 2. The Morgan fingerprint density at radius 2 is 1.60 bits per heavy atom. The Balaban J connectivity index is 1.85. The van der Waals surface area contributed by atoms with E-state index < -0.39 is 9.84 Å². The molecule has 6 nitrogen and oxygen atoms in total. The number of hydrogen-bond donors (Lipinski definition) is 0. The minimum Gasteiger partial charge on any atom is -0.419 e. The molecule has 1 fully saturated rings. The molecule has 2 aromatic carbocycles. The van der Waals surface area contributed by atoms with Crippen molar-refractivity contribution in [1.29, 1.82) is 0 Å². The molecule has 1 aromatic heterocycles. The first-order chi connectivity index (χ1) is 14.2. The molecule has 30 heavy (non-hydrogen) atoms. The molecule has 0 spiro atoms. The highest BCUT2D eigenvalue weighted by Gasteiger charge is 2.34. The van der Waals surface area contributed by atoms with Crippen molar-refractivity contribution in [2.45, 2.75) is 42.9 Å². The molecule has 1 aliphatic rings. The number of benzene rings is 2. The summed E-state index contributed by atoms with van der Waals surface area (Å²) in [5, 5.41) is 0.368. The molecule has 0 N–H and O–H groups in total. The topological polar surface area (TPSA) is 72.6 Å². The predicted octanol–water partition coefficient (Wildman–Crippen LogP) is 4.75. The summed E-state index contributed by atoms with van der Waals surface area (Å²) >= 11 is 5.94. The largest absolute Gasteiger partial charge is 0.419 e. The van der Waals surface area contributed by atoms with E-state index in [1.807, 2.05) is 49.9 Å². The van der Waals surface area contributed by atoms with Crippen LogP contribution in [0.3, 0.4) is 0 Å². The molecule has 0 amide bonds. The molecule has 1 aliphatic heterocycles. The van der Waals surface area contributed by atoms with E-state index in [2.05, 4.69) is 4.98 Å². The fourth-order valence-corrected chi connectivity index (χ4v) is 5.01. The maximum absolute atomic E-state index is 13.4. The first kappa shape index (κ1) is 20.9. The highest BCUT2D eigenvalue weighted by atomic mass is 35.5. The number of anilines is 1. The second-order valence-electron chi connectivity index (χ2n) is 7.62. The van der Waals surface area contributed by atoms with Gasteiger partial charge < -0.3 is 14.1 Å². The number of morpholine rings is 1. The maximum Gasteiger partial charge on any atom is 0.236 e. The lowest BCUT2D eigenvalue weighted by molar-refractivity contribution is -0.00657. The normalized spacial score (nSPS) is 19.8. The summed E-state index contributed by atoms with van der Waals surface area (Å²) in [7, 11) is -3.91. The van der Waals surface area contributed by atoms with Crippen molar-refractivity contribution in [2.75, 3.05) is 18.0 Å². The van der Waals surface area contributed by atoms with Crippen molar-refractivity contribution in [3.63, 3.8) is 0 Å². The van der Waals surface area contributed by atoms with E-state index >= 15 is 0 Å². The number of rotatable bonds is 4. The van der Waals surface area contributed by atoms with E-state index in [0.29, 0.717) is 23.7 Å². The van der Waals surface area contributed by atoms with Crippen LogP contribution in [-0.4, -0.2) is 38.7 Å². The minimum absolute atomic E-state index is 0.0623. The van der Waals surface area contributed by atoms with E-state index in [-0.39, 0.29) is 33.9 Å². The summed E-state index contributed by atoms with van der Waals surface area (Å²) in [5.41, 5.74) is 1.81. The van der Waals surface area contributed by atoms with Gasteiger partial charge in [-0.05, 0) is 57.2 Å². The van der Waals surface area contributed by atoms with Crippen LogP contribution in [0.4, 0.5) is 5.88 Å². The summed E-state index contributed by atoms with van der Waals surface area (Å²) in [6.45, 7) is 6.91. The van der Waals surface area contributed by atoms with Gasteiger partial charge in [-0.2, -0.15) is 4.98 Å². The lowest BCUT2D eigenvalue weighted by Gasteiger charge is -2.35. The van der Waals surface area contributed by atoms with Gasteiger partial charge in [-0.15, -0.1) is 0 Å². The van der Waals surface area contributed by atoms with E-state index in [1.165, 1.54) is 12.1 Å². The molecule has 4 rings (SSSR count). The molecular weight excluding hydrogens is 424 g/mol. The molecule has 2 atom stereocenters. The summed E-state index contributed by atoms with van der Waals surface area (Å²) < 4.78 is 38.8. The van der Waals surface area contributed by atoms with Crippen molar-refractivity contribution >= 4 is 27.3 Å². The van der Waals surface area contributed by atoms with Crippen LogP contribution in [0.2, 0.25) is 5.02 Å². The Morgan fingerprint density at radius 1 is 1.00 bits per heavy atom. The summed E-state index contributed by atoms with van der Waals surface area (Å²) in [5.74, 6) is 0.506. The number of sulfone groups is 1. The zero-order valence-electron chi connectivity index (χ0n) is 17.0. The van der Waals surface area contributed by atoms with E-state index in [9.17, 15) is 8.42 Å². The van der Waals surface area contributed by atoms with Gasteiger partial charge in [0.15, 0.2) is 0 Å². The third kappa shape index (κ3) is 4.10. The smallest absolute Gasteiger partial charge is 0.236 e. The van der Waals surface area contributed by atoms with Crippen LogP contribution in [0.1, 0.15) is 19.4 Å². The Kier molecular flexibility index (Phi) is 5.61. The van der Waals surface area contributed by atoms with Crippen LogP contribution in [0.25, 0.3) is 11.5 Å². The molecule has 2 heterocycles. The fourth-order valence-electron chi connectivity index (χ4n) is 3.56. The zero-order valence-corrected chi connectivity index (χ0v) is 18.6. The van der Waals surface area contributed by atoms with Crippen molar-refractivity contribution in [1.82, 2.24) is 4.98 Å². The second-order valence-corrected chi connectivity index (χ2v) is 9.92. The molecule has 0 aliphatic carbocycles. The number of halogens is 1. The van der Waals surface area contributed by atoms with E-state index in [0.717, 1.165) is 5.56 Å². The molecule has 0 bridgehead atoms. The zero-order chi connectivity index (χ0) is 21.5. The van der Waals surface area contributed by atoms with Crippen molar-refractivity contribution in [3.05, 3.63) is 59.1 Å². The van der Waals surface area contributed by atoms with Crippen molar-refractivity contribution in [2.24, 2.45) is 0 Å². The quantitative estimate of drug-likeness (QED) is 0.575. The van der Waals surface area contributed by atoms with Gasteiger partial charge in [0.05, 0.1) is 17.1 Å². The number of ether oxygens (including phenoxy) is 1. The summed E-state index contributed by atoms with van der Waals surface area (Å²) in [6.07, 6.45) is -0.125. The van der Waals surface area contributed by atoms with Crippen LogP contribution >= 0.6 is 11.6 Å². The number of aromatic nitrogens is 1. The number of hydrogen-bond acceptors (Lipinski definition) is 6. The van der Waals surface area contributed by atoms with Gasteiger partial charge >= 0.3 is 0 Å². The monoisotopic (exact) mass is 446 g/mol. The molecule has 0 saturated carbocycles. The molecule has 0 unspecified atom stereocenters. The average Bonchev–Trinajstić information content (AvgIpc) is 3.14. The number of oxazole rings is 1. The standard InChI is InChI=1S/C22H23ClN2O4S/c1-14-4-6-17(7-5-14)20-24-21(30(26,27)19-10-8-18(23)9-11-19)22(29-20)25-12-15(2)28-16(3)13-25/h4-11,15-16H,12-13H2,1-3H3/t15-,16+. The molecule has 8 heteroatoms.